The molecule has 3 N–H and O–H groups in total. The Hall–Kier alpha value is -2.95. The number of fused-ring (bicyclic) bond motifs is 1. The molecule has 12 nitrogen and oxygen atoms in total. The summed E-state index contributed by atoms with van der Waals surface area (Å²) < 4.78 is 55.5. The van der Waals surface area contributed by atoms with Crippen LogP contribution in [-0.4, -0.2) is 111 Å². The Labute approximate surface area is 281 Å². The smallest absolute Gasteiger partial charge is 0.243 e. The molecule has 3 atom stereocenters. The first-order valence-electron chi connectivity index (χ1n) is 15.8. The molecule has 0 spiro atoms. The lowest BCUT2D eigenvalue weighted by Gasteiger charge is -2.31. The Bertz CT molecular complexity index is 1710. The summed E-state index contributed by atoms with van der Waals surface area (Å²) in [5.74, 6) is -2.67. The first-order chi connectivity index (χ1) is 22.2. The maximum atomic E-state index is 13.9. The molecule has 1 saturated heterocycles. The Kier molecular flexibility index (Phi) is 12.9. The summed E-state index contributed by atoms with van der Waals surface area (Å²) in [6.07, 6.45) is -1.28. The van der Waals surface area contributed by atoms with E-state index < -0.39 is 49.6 Å². The van der Waals surface area contributed by atoms with Crippen LogP contribution in [0.3, 0.4) is 0 Å². The average Bonchev–Trinajstić information content (AvgIpc) is 3.52. The number of hydrogen-bond acceptors (Lipinski definition) is 10. The van der Waals surface area contributed by atoms with Gasteiger partial charge in [-0.25, -0.2) is 21.8 Å². The Morgan fingerprint density at radius 2 is 1.74 bits per heavy atom. The normalized spacial score (nSPS) is 16.3. The van der Waals surface area contributed by atoms with Crippen LogP contribution < -0.4 is 10.6 Å². The minimum Gasteiger partial charge on any atom is -0.390 e. The molecule has 1 aliphatic rings. The van der Waals surface area contributed by atoms with Crippen LogP contribution in [0.15, 0.2) is 58.9 Å². The van der Waals surface area contributed by atoms with E-state index in [1.165, 1.54) is 28.6 Å². The topological polar surface area (TPSA) is 166 Å². The van der Waals surface area contributed by atoms with Gasteiger partial charge in [0.25, 0.3) is 0 Å². The van der Waals surface area contributed by atoms with Crippen LogP contribution in [0.4, 0.5) is 0 Å². The number of aliphatic hydroxyl groups excluding tert-OH is 1. The first-order valence-corrected chi connectivity index (χ1v) is 19.9. The van der Waals surface area contributed by atoms with Crippen molar-refractivity contribution >= 4 is 53.2 Å². The average molecular weight is 708 g/mol. The van der Waals surface area contributed by atoms with E-state index in [-0.39, 0.29) is 48.4 Å². The monoisotopic (exact) mass is 707 g/mol. The third-order valence-electron chi connectivity index (χ3n) is 8.04. The van der Waals surface area contributed by atoms with E-state index in [4.69, 9.17) is 0 Å². The molecule has 1 aliphatic heterocycles. The number of piperazine rings is 1. The minimum atomic E-state index is -4.03. The lowest BCUT2D eigenvalue weighted by Crippen LogP contribution is -2.52. The van der Waals surface area contributed by atoms with Crippen molar-refractivity contribution in [1.29, 1.82) is 0 Å². The SMILES string of the molecule is CC(C)CN(C[C@@H](O)C(Cc1ccccc1)NC(=O)[C@H](C)CS(=O)(=O)CCC(=O)N1CCNCC1)S(=O)(=O)c1ccc2ncsc2c1. The van der Waals surface area contributed by atoms with Gasteiger partial charge in [0.1, 0.15) is 0 Å². The van der Waals surface area contributed by atoms with E-state index in [0.717, 1.165) is 10.3 Å². The van der Waals surface area contributed by atoms with Crippen LogP contribution >= 0.6 is 11.3 Å². The van der Waals surface area contributed by atoms with Gasteiger partial charge in [-0.1, -0.05) is 51.1 Å². The van der Waals surface area contributed by atoms with Crippen LogP contribution in [0.25, 0.3) is 10.2 Å². The molecule has 258 valence electrons. The number of sulfone groups is 1. The number of thiazole rings is 1. The Balaban J connectivity index is 1.47. The fourth-order valence-corrected chi connectivity index (χ4v) is 9.49. The maximum Gasteiger partial charge on any atom is 0.243 e. The third kappa shape index (κ3) is 10.5. The van der Waals surface area contributed by atoms with E-state index >= 15 is 0 Å². The predicted octanol–water partition coefficient (Wildman–Crippen LogP) is 1.90. The van der Waals surface area contributed by atoms with E-state index in [2.05, 4.69) is 15.6 Å². The number of benzene rings is 2. The largest absolute Gasteiger partial charge is 0.390 e. The molecule has 4 rings (SSSR count). The van der Waals surface area contributed by atoms with Gasteiger partial charge in [0.2, 0.25) is 21.8 Å². The van der Waals surface area contributed by atoms with Crippen molar-refractivity contribution < 1.29 is 31.5 Å². The van der Waals surface area contributed by atoms with Crippen molar-refractivity contribution in [3.05, 3.63) is 59.6 Å². The number of hydrogen-bond donors (Lipinski definition) is 3. The molecule has 2 heterocycles. The molecule has 0 bridgehead atoms. The molecular weight excluding hydrogens is 663 g/mol. The van der Waals surface area contributed by atoms with E-state index in [1.807, 2.05) is 44.2 Å². The zero-order valence-corrected chi connectivity index (χ0v) is 29.5. The van der Waals surface area contributed by atoms with E-state index in [0.29, 0.717) is 31.7 Å². The number of amides is 2. The van der Waals surface area contributed by atoms with Gasteiger partial charge in [0.15, 0.2) is 9.84 Å². The summed E-state index contributed by atoms with van der Waals surface area (Å²) in [6, 6.07) is 13.0. The summed E-state index contributed by atoms with van der Waals surface area (Å²) in [5, 5.41) is 17.5. The fraction of sp³-hybridized carbons (Fsp3) is 0.531. The van der Waals surface area contributed by atoms with Crippen LogP contribution in [0.5, 0.6) is 0 Å². The zero-order chi connectivity index (χ0) is 34.2. The van der Waals surface area contributed by atoms with Crippen molar-refractivity contribution in [2.24, 2.45) is 11.8 Å². The highest BCUT2D eigenvalue weighted by molar-refractivity contribution is 7.91. The van der Waals surface area contributed by atoms with Gasteiger partial charge < -0.3 is 20.6 Å². The first kappa shape index (κ1) is 36.9. The lowest BCUT2D eigenvalue weighted by atomic mass is 10.00. The van der Waals surface area contributed by atoms with Gasteiger partial charge in [-0.3, -0.25) is 9.59 Å². The van der Waals surface area contributed by atoms with Crippen LogP contribution in [-0.2, 0) is 35.9 Å². The molecule has 1 fully saturated rings. The van der Waals surface area contributed by atoms with E-state index in [9.17, 15) is 31.5 Å². The number of sulfonamides is 1. The number of carbonyl (C=O) groups is 2. The van der Waals surface area contributed by atoms with Crippen molar-refractivity contribution in [1.82, 2.24) is 24.8 Å². The molecule has 1 aromatic heterocycles. The molecule has 0 aliphatic carbocycles. The summed E-state index contributed by atoms with van der Waals surface area (Å²) in [4.78, 5) is 31.8. The van der Waals surface area contributed by atoms with Gasteiger partial charge in [0.05, 0.1) is 44.3 Å². The molecular formula is C32H45N5O7S3. The minimum absolute atomic E-state index is 0.0602. The predicted molar refractivity (Wildman–Crippen MR) is 183 cm³/mol. The van der Waals surface area contributed by atoms with Crippen LogP contribution in [0, 0.1) is 11.8 Å². The maximum absolute atomic E-state index is 13.9. The number of nitrogens with zero attached hydrogens (tertiary/aromatic N) is 3. The fourth-order valence-electron chi connectivity index (χ4n) is 5.49. The van der Waals surface area contributed by atoms with Gasteiger partial charge in [-0.2, -0.15) is 4.31 Å². The van der Waals surface area contributed by atoms with Gasteiger partial charge in [-0.05, 0) is 36.1 Å². The summed E-state index contributed by atoms with van der Waals surface area (Å²) in [5.41, 5.74) is 3.14. The molecule has 47 heavy (non-hydrogen) atoms. The highest BCUT2D eigenvalue weighted by atomic mass is 32.2. The second kappa shape index (κ2) is 16.4. The zero-order valence-electron chi connectivity index (χ0n) is 27.0. The summed E-state index contributed by atoms with van der Waals surface area (Å²) in [6.45, 7) is 7.47. The van der Waals surface area contributed by atoms with Crippen LogP contribution in [0.1, 0.15) is 32.8 Å². The molecule has 3 aromatic rings. The number of aliphatic hydroxyl groups is 1. The third-order valence-corrected chi connectivity index (χ3v) is 12.5. The highest BCUT2D eigenvalue weighted by Crippen LogP contribution is 2.25. The van der Waals surface area contributed by atoms with Gasteiger partial charge in [0, 0.05) is 51.6 Å². The second-order valence-corrected chi connectivity index (χ2v) is 17.5. The quantitative estimate of drug-likeness (QED) is 0.202. The molecule has 2 aromatic carbocycles. The number of aromatic nitrogens is 1. The Morgan fingerprint density at radius 3 is 2.43 bits per heavy atom. The van der Waals surface area contributed by atoms with Crippen molar-refractivity contribution in [2.75, 3.05) is 50.8 Å². The van der Waals surface area contributed by atoms with Crippen LogP contribution in [0.2, 0.25) is 0 Å². The molecule has 1 unspecified atom stereocenters. The number of rotatable bonds is 16. The van der Waals surface area contributed by atoms with Crippen molar-refractivity contribution in [2.45, 2.75) is 50.7 Å². The summed E-state index contributed by atoms with van der Waals surface area (Å²) in [7, 11) is -7.78. The number of carbonyl (C=O) groups excluding carboxylic acids is 2. The number of nitrogens with one attached hydrogen (secondary N) is 2. The standard InChI is InChI=1S/C32H45N5O7S3/c1-23(2)19-37(47(43,44)26-9-10-27-30(18-26)45-22-34-27)20-29(38)28(17-25-7-5-4-6-8-25)35-32(40)24(3)21-46(41,42)16-11-31(39)36-14-12-33-13-15-36/h4-10,18,22-24,28-29,33,38H,11-17,19-21H2,1-3H3,(H,35,40)/t24-,28?,29-/m1/s1. The highest BCUT2D eigenvalue weighted by Gasteiger charge is 2.33. The van der Waals surface area contributed by atoms with Crippen molar-refractivity contribution in [3.8, 4) is 0 Å². The molecule has 0 radical (unpaired) electrons. The second-order valence-electron chi connectivity index (χ2n) is 12.5. The van der Waals surface area contributed by atoms with Crippen molar-refractivity contribution in [3.63, 3.8) is 0 Å². The Morgan fingerprint density at radius 1 is 1.04 bits per heavy atom. The molecule has 0 saturated carbocycles. The molecule has 15 heteroatoms. The molecule has 2 amide bonds. The van der Waals surface area contributed by atoms with E-state index in [1.54, 1.807) is 22.5 Å². The van der Waals surface area contributed by atoms with Gasteiger partial charge >= 0.3 is 0 Å². The van der Waals surface area contributed by atoms with Gasteiger partial charge in [-0.15, -0.1) is 11.3 Å². The lowest BCUT2D eigenvalue weighted by molar-refractivity contribution is -0.131. The summed E-state index contributed by atoms with van der Waals surface area (Å²) >= 11 is 1.33.